The minimum absolute atomic E-state index is 0.0768. The molecule has 170 valence electrons. The van der Waals surface area contributed by atoms with Gasteiger partial charge in [0.05, 0.1) is 6.42 Å². The van der Waals surface area contributed by atoms with Crippen LogP contribution in [0.4, 0.5) is 17.1 Å². The normalized spacial score (nSPS) is 10.2. The lowest BCUT2D eigenvalue weighted by Gasteiger charge is -2.14. The lowest BCUT2D eigenvalue weighted by molar-refractivity contribution is -0.147. The van der Waals surface area contributed by atoms with Crippen molar-refractivity contribution in [2.24, 2.45) is 0 Å². The first kappa shape index (κ1) is 24.6. The average Bonchev–Trinajstić information content (AvgIpc) is 2.77. The summed E-state index contributed by atoms with van der Waals surface area (Å²) in [7, 11) is 0. The zero-order chi connectivity index (χ0) is 23.5. The van der Waals surface area contributed by atoms with E-state index in [1.165, 1.54) is 6.92 Å². The van der Waals surface area contributed by atoms with Crippen molar-refractivity contribution >= 4 is 40.8 Å². The van der Waals surface area contributed by atoms with Crippen molar-refractivity contribution in [3.05, 3.63) is 53.6 Å². The van der Waals surface area contributed by atoms with Gasteiger partial charge in [0.1, 0.15) is 0 Å². The first-order chi connectivity index (χ1) is 15.3. The summed E-state index contributed by atoms with van der Waals surface area (Å²) in [5.41, 5.74) is 3.96. The van der Waals surface area contributed by atoms with Gasteiger partial charge in [-0.05, 0) is 48.2 Å². The number of anilines is 3. The van der Waals surface area contributed by atoms with Gasteiger partial charge >= 0.3 is 5.97 Å². The number of amides is 3. The van der Waals surface area contributed by atoms with Crippen LogP contribution < -0.4 is 16.0 Å². The molecule has 2 rings (SSSR count). The third kappa shape index (κ3) is 7.86. The molecule has 8 nitrogen and oxygen atoms in total. The highest BCUT2D eigenvalue weighted by atomic mass is 16.5. The summed E-state index contributed by atoms with van der Waals surface area (Å²) in [6.45, 7) is 5.01. The van der Waals surface area contributed by atoms with Gasteiger partial charge in [-0.3, -0.25) is 19.2 Å². The quantitative estimate of drug-likeness (QED) is 0.489. The fourth-order valence-corrected chi connectivity index (χ4v) is 3.08. The number of hydrogen-bond acceptors (Lipinski definition) is 5. The molecule has 32 heavy (non-hydrogen) atoms. The molecule has 0 bridgehead atoms. The first-order valence-corrected chi connectivity index (χ1v) is 10.6. The molecule has 2 aromatic rings. The Labute approximate surface area is 187 Å². The van der Waals surface area contributed by atoms with E-state index in [1.54, 1.807) is 24.3 Å². The molecule has 0 radical (unpaired) electrons. The Bertz CT molecular complexity index is 948. The number of benzene rings is 2. The van der Waals surface area contributed by atoms with E-state index in [0.29, 0.717) is 11.4 Å². The van der Waals surface area contributed by atoms with Gasteiger partial charge in [-0.25, -0.2) is 0 Å². The summed E-state index contributed by atoms with van der Waals surface area (Å²) in [5, 5.41) is 8.12. The molecule has 0 saturated carbocycles. The van der Waals surface area contributed by atoms with E-state index in [4.69, 9.17) is 4.74 Å². The molecule has 0 spiro atoms. The van der Waals surface area contributed by atoms with Crippen LogP contribution in [0.2, 0.25) is 0 Å². The molecule has 0 saturated heterocycles. The van der Waals surface area contributed by atoms with Crippen LogP contribution in [-0.4, -0.2) is 30.3 Å². The van der Waals surface area contributed by atoms with Crippen LogP contribution in [0.5, 0.6) is 0 Å². The van der Waals surface area contributed by atoms with Crippen LogP contribution >= 0.6 is 0 Å². The van der Waals surface area contributed by atoms with E-state index >= 15 is 0 Å². The second-order valence-corrected chi connectivity index (χ2v) is 7.17. The van der Waals surface area contributed by atoms with Gasteiger partial charge in [-0.15, -0.1) is 0 Å². The summed E-state index contributed by atoms with van der Waals surface area (Å²) in [6.07, 6.45) is 1.32. The summed E-state index contributed by atoms with van der Waals surface area (Å²) < 4.78 is 5.01. The molecule has 0 aliphatic rings. The first-order valence-electron chi connectivity index (χ1n) is 10.6. The number of carbonyl (C=O) groups is 4. The van der Waals surface area contributed by atoms with E-state index < -0.39 is 18.5 Å². The molecular formula is C24H29N3O5. The van der Waals surface area contributed by atoms with Crippen LogP contribution in [0.3, 0.4) is 0 Å². The summed E-state index contributed by atoms with van der Waals surface area (Å²) in [5.74, 6) is -1.59. The van der Waals surface area contributed by atoms with Gasteiger partial charge in [0.25, 0.3) is 5.91 Å². The van der Waals surface area contributed by atoms with Gasteiger partial charge in [0.15, 0.2) is 6.61 Å². The Kier molecular flexibility index (Phi) is 9.41. The molecule has 3 N–H and O–H groups in total. The second-order valence-electron chi connectivity index (χ2n) is 7.17. The lowest BCUT2D eigenvalue weighted by atomic mass is 10.0. The number of ether oxygens (including phenoxy) is 1. The standard InChI is InChI=1S/C24H29N3O5/c1-4-17-7-6-8-18(5-2)24(17)27-22(30)15-32-23(31)14-13-21(29)26-20-11-9-19(10-12-20)25-16(3)28/h6-12H,4-5,13-15H2,1-3H3,(H,25,28)(H,26,29)(H,27,30). The average molecular weight is 440 g/mol. The van der Waals surface area contributed by atoms with Crippen LogP contribution in [0, 0.1) is 0 Å². The van der Waals surface area contributed by atoms with Crippen molar-refractivity contribution in [2.75, 3.05) is 22.6 Å². The molecule has 0 fully saturated rings. The van der Waals surface area contributed by atoms with Crippen molar-refractivity contribution < 1.29 is 23.9 Å². The maximum atomic E-state index is 12.2. The molecular weight excluding hydrogens is 410 g/mol. The Balaban J connectivity index is 1.76. The van der Waals surface area contributed by atoms with Crippen molar-refractivity contribution in [2.45, 2.75) is 46.5 Å². The molecule has 0 aromatic heterocycles. The number of esters is 1. The highest BCUT2D eigenvalue weighted by molar-refractivity contribution is 5.95. The van der Waals surface area contributed by atoms with Gasteiger partial charge in [0.2, 0.25) is 11.8 Å². The van der Waals surface area contributed by atoms with Crippen LogP contribution in [-0.2, 0) is 36.8 Å². The second kappa shape index (κ2) is 12.2. The molecule has 0 unspecified atom stereocenters. The maximum Gasteiger partial charge on any atom is 0.306 e. The Morgan fingerprint density at radius 1 is 0.750 bits per heavy atom. The fourth-order valence-electron chi connectivity index (χ4n) is 3.08. The zero-order valence-electron chi connectivity index (χ0n) is 18.6. The van der Waals surface area contributed by atoms with E-state index in [-0.39, 0.29) is 24.7 Å². The fraction of sp³-hybridized carbons (Fsp3) is 0.333. The lowest BCUT2D eigenvalue weighted by Crippen LogP contribution is -2.23. The molecule has 3 amide bonds. The van der Waals surface area contributed by atoms with Gasteiger partial charge in [-0.2, -0.15) is 0 Å². The smallest absolute Gasteiger partial charge is 0.306 e. The van der Waals surface area contributed by atoms with Crippen molar-refractivity contribution in [1.29, 1.82) is 0 Å². The summed E-state index contributed by atoms with van der Waals surface area (Å²) in [4.78, 5) is 47.2. The summed E-state index contributed by atoms with van der Waals surface area (Å²) in [6, 6.07) is 12.5. The van der Waals surface area contributed by atoms with E-state index in [0.717, 1.165) is 29.7 Å². The van der Waals surface area contributed by atoms with E-state index in [9.17, 15) is 19.2 Å². The number of para-hydroxylation sites is 1. The molecule has 0 atom stereocenters. The minimum atomic E-state index is -0.629. The number of nitrogens with one attached hydrogen (secondary N) is 3. The minimum Gasteiger partial charge on any atom is -0.456 e. The number of hydrogen-bond donors (Lipinski definition) is 3. The predicted molar refractivity (Wildman–Crippen MR) is 123 cm³/mol. The van der Waals surface area contributed by atoms with E-state index in [1.807, 2.05) is 32.0 Å². The Hall–Kier alpha value is -3.68. The third-order valence-corrected chi connectivity index (χ3v) is 4.67. The van der Waals surface area contributed by atoms with Crippen LogP contribution in [0.15, 0.2) is 42.5 Å². The Morgan fingerprint density at radius 3 is 1.84 bits per heavy atom. The van der Waals surface area contributed by atoms with E-state index in [2.05, 4.69) is 16.0 Å². The highest BCUT2D eigenvalue weighted by Gasteiger charge is 2.13. The van der Waals surface area contributed by atoms with Crippen molar-refractivity contribution in [3.8, 4) is 0 Å². The van der Waals surface area contributed by atoms with Gasteiger partial charge in [0, 0.05) is 30.4 Å². The predicted octanol–water partition coefficient (Wildman–Crippen LogP) is 3.67. The number of carbonyl (C=O) groups excluding carboxylic acids is 4. The molecule has 0 aliphatic carbocycles. The van der Waals surface area contributed by atoms with Gasteiger partial charge in [-0.1, -0.05) is 32.0 Å². The maximum absolute atomic E-state index is 12.2. The van der Waals surface area contributed by atoms with Crippen molar-refractivity contribution in [1.82, 2.24) is 0 Å². The SMILES string of the molecule is CCc1cccc(CC)c1NC(=O)COC(=O)CCC(=O)Nc1ccc(NC(C)=O)cc1. The molecule has 0 heterocycles. The summed E-state index contributed by atoms with van der Waals surface area (Å²) >= 11 is 0. The molecule has 0 aliphatic heterocycles. The van der Waals surface area contributed by atoms with Crippen LogP contribution in [0.25, 0.3) is 0 Å². The molecule has 8 heteroatoms. The van der Waals surface area contributed by atoms with Crippen LogP contribution in [0.1, 0.15) is 44.7 Å². The molecule has 2 aromatic carbocycles. The zero-order valence-corrected chi connectivity index (χ0v) is 18.6. The number of aryl methyl sites for hydroxylation is 2. The Morgan fingerprint density at radius 2 is 1.31 bits per heavy atom. The topological polar surface area (TPSA) is 114 Å². The van der Waals surface area contributed by atoms with Crippen molar-refractivity contribution in [3.63, 3.8) is 0 Å². The third-order valence-electron chi connectivity index (χ3n) is 4.67. The highest BCUT2D eigenvalue weighted by Crippen LogP contribution is 2.22. The number of rotatable bonds is 10. The van der Waals surface area contributed by atoms with Gasteiger partial charge < -0.3 is 20.7 Å². The monoisotopic (exact) mass is 439 g/mol. The largest absolute Gasteiger partial charge is 0.456 e.